The molecule has 0 fully saturated rings. The van der Waals surface area contributed by atoms with Gasteiger partial charge in [0.15, 0.2) is 5.78 Å². The Morgan fingerprint density at radius 2 is 1.50 bits per heavy atom. The van der Waals surface area contributed by atoms with Crippen molar-refractivity contribution in [2.45, 2.75) is 13.3 Å². The van der Waals surface area contributed by atoms with Crippen LogP contribution in [0, 0.1) is 0 Å². The lowest BCUT2D eigenvalue weighted by molar-refractivity contribution is 0.0523. The van der Waals surface area contributed by atoms with E-state index >= 15 is 0 Å². The summed E-state index contributed by atoms with van der Waals surface area (Å²) in [4.78, 5) is 24.7. The van der Waals surface area contributed by atoms with E-state index in [0.717, 1.165) is 16.3 Å². The average Bonchev–Trinajstić information content (AvgIpc) is 2.62. The van der Waals surface area contributed by atoms with Gasteiger partial charge in [0, 0.05) is 12.0 Å². The highest BCUT2D eigenvalue weighted by Crippen LogP contribution is 2.18. The minimum absolute atomic E-state index is 0.0889. The van der Waals surface area contributed by atoms with Crippen molar-refractivity contribution in [2.75, 3.05) is 6.61 Å². The number of carbonyl (C=O) groups excluding carboxylic acids is 2. The highest BCUT2D eigenvalue weighted by Gasteiger charge is 2.17. The van der Waals surface area contributed by atoms with Crippen molar-refractivity contribution in [1.29, 1.82) is 0 Å². The van der Waals surface area contributed by atoms with E-state index in [4.69, 9.17) is 4.74 Å². The number of Topliss-reactive ketones (excluding diaryl/α,β-unsaturated/α-hetero) is 1. The number of ether oxygens (including phenoxy) is 1. The first-order valence-corrected chi connectivity index (χ1v) is 7.96. The van der Waals surface area contributed by atoms with Gasteiger partial charge in [0.1, 0.15) is 0 Å². The minimum atomic E-state index is -0.458. The topological polar surface area (TPSA) is 43.4 Å². The van der Waals surface area contributed by atoms with Gasteiger partial charge in [-0.15, -0.1) is 0 Å². The van der Waals surface area contributed by atoms with Crippen molar-refractivity contribution >= 4 is 22.5 Å². The highest BCUT2D eigenvalue weighted by atomic mass is 16.5. The molecule has 0 saturated carbocycles. The summed E-state index contributed by atoms with van der Waals surface area (Å²) >= 11 is 0. The van der Waals surface area contributed by atoms with Crippen molar-refractivity contribution in [2.24, 2.45) is 0 Å². The molecule has 0 atom stereocenters. The number of carbonyl (C=O) groups is 2. The molecule has 0 N–H and O–H groups in total. The van der Waals surface area contributed by atoms with Crippen LogP contribution in [0.4, 0.5) is 0 Å². The third kappa shape index (κ3) is 3.35. The van der Waals surface area contributed by atoms with Crippen LogP contribution in [0.2, 0.25) is 0 Å². The van der Waals surface area contributed by atoms with Crippen molar-refractivity contribution in [3.05, 3.63) is 83.4 Å². The molecule has 3 rings (SSSR count). The Balaban J connectivity index is 1.87. The van der Waals surface area contributed by atoms with E-state index in [9.17, 15) is 9.59 Å². The van der Waals surface area contributed by atoms with E-state index in [1.165, 1.54) is 0 Å². The van der Waals surface area contributed by atoms with Crippen molar-refractivity contribution in [3.8, 4) is 0 Å². The molecule has 120 valence electrons. The smallest absolute Gasteiger partial charge is 0.338 e. The Hall–Kier alpha value is -2.94. The molecule has 24 heavy (non-hydrogen) atoms. The molecule has 0 spiro atoms. The first kappa shape index (κ1) is 15.9. The first-order valence-electron chi connectivity index (χ1n) is 7.96. The number of ketones is 1. The predicted molar refractivity (Wildman–Crippen MR) is 94.4 cm³/mol. The van der Waals surface area contributed by atoms with Gasteiger partial charge in [-0.1, -0.05) is 60.7 Å². The van der Waals surface area contributed by atoms with Gasteiger partial charge in [-0.2, -0.15) is 0 Å². The average molecular weight is 318 g/mol. The molecule has 0 amide bonds. The fraction of sp³-hybridized carbons (Fsp3) is 0.143. The van der Waals surface area contributed by atoms with Gasteiger partial charge >= 0.3 is 5.97 Å². The minimum Gasteiger partial charge on any atom is -0.462 e. The summed E-state index contributed by atoms with van der Waals surface area (Å²) in [5.41, 5.74) is 1.66. The summed E-state index contributed by atoms with van der Waals surface area (Å²) in [7, 11) is 0. The number of hydrogen-bond donors (Lipinski definition) is 0. The number of hydrogen-bond acceptors (Lipinski definition) is 3. The van der Waals surface area contributed by atoms with Crippen LogP contribution >= 0.6 is 0 Å². The van der Waals surface area contributed by atoms with E-state index in [1.807, 2.05) is 42.5 Å². The highest BCUT2D eigenvalue weighted by molar-refractivity contribution is 6.07. The van der Waals surface area contributed by atoms with Crippen LogP contribution < -0.4 is 0 Å². The lowest BCUT2D eigenvalue weighted by Gasteiger charge is -2.08. The molecule has 0 saturated heterocycles. The SMILES string of the molecule is CCOC(=O)c1ccccc1C(=O)Cc1ccc2ccccc2c1. The molecule has 0 aliphatic rings. The molecular weight excluding hydrogens is 300 g/mol. The number of fused-ring (bicyclic) bond motifs is 1. The summed E-state index contributed by atoms with van der Waals surface area (Å²) in [6, 6.07) is 20.8. The maximum atomic E-state index is 12.7. The van der Waals surface area contributed by atoms with Crippen LogP contribution in [-0.2, 0) is 11.2 Å². The third-order valence-electron chi connectivity index (χ3n) is 3.90. The van der Waals surface area contributed by atoms with Gasteiger partial charge in [-0.05, 0) is 29.3 Å². The molecule has 0 bridgehead atoms. The zero-order valence-electron chi connectivity index (χ0n) is 13.5. The zero-order chi connectivity index (χ0) is 16.9. The molecule has 3 heteroatoms. The monoisotopic (exact) mass is 318 g/mol. The van der Waals surface area contributed by atoms with Crippen molar-refractivity contribution in [1.82, 2.24) is 0 Å². The molecular formula is C21H18O3. The van der Waals surface area contributed by atoms with Crippen LogP contribution in [0.15, 0.2) is 66.7 Å². The van der Waals surface area contributed by atoms with Crippen molar-refractivity contribution in [3.63, 3.8) is 0 Å². The Labute approximate surface area is 140 Å². The van der Waals surface area contributed by atoms with Crippen LogP contribution in [0.5, 0.6) is 0 Å². The van der Waals surface area contributed by atoms with Gasteiger partial charge in [0.25, 0.3) is 0 Å². The van der Waals surface area contributed by atoms with Gasteiger partial charge < -0.3 is 4.74 Å². The summed E-state index contributed by atoms with van der Waals surface area (Å²) in [5, 5.41) is 2.24. The lowest BCUT2D eigenvalue weighted by atomic mass is 9.97. The second-order valence-electron chi connectivity index (χ2n) is 5.55. The predicted octanol–water partition coefficient (Wildman–Crippen LogP) is 4.44. The van der Waals surface area contributed by atoms with E-state index in [-0.39, 0.29) is 18.8 Å². The van der Waals surface area contributed by atoms with Gasteiger partial charge in [0.05, 0.1) is 12.2 Å². The molecule has 0 radical (unpaired) electrons. The van der Waals surface area contributed by atoms with Crippen LogP contribution in [0.1, 0.15) is 33.2 Å². The summed E-state index contributed by atoms with van der Waals surface area (Å²) in [6.45, 7) is 2.03. The molecule has 3 aromatic carbocycles. The normalized spacial score (nSPS) is 10.5. The van der Waals surface area contributed by atoms with Gasteiger partial charge in [-0.3, -0.25) is 4.79 Å². The Kier molecular flexibility index (Phi) is 4.71. The number of benzene rings is 3. The zero-order valence-corrected chi connectivity index (χ0v) is 13.5. The maximum absolute atomic E-state index is 12.7. The second-order valence-corrected chi connectivity index (χ2v) is 5.55. The molecule has 3 aromatic rings. The second kappa shape index (κ2) is 7.09. The molecule has 0 aromatic heterocycles. The molecule has 0 aliphatic heterocycles. The molecule has 3 nitrogen and oxygen atoms in total. The van der Waals surface area contributed by atoms with E-state index < -0.39 is 5.97 Å². The maximum Gasteiger partial charge on any atom is 0.338 e. The van der Waals surface area contributed by atoms with E-state index in [0.29, 0.717) is 11.1 Å². The fourth-order valence-corrected chi connectivity index (χ4v) is 2.74. The molecule has 0 aliphatic carbocycles. The standard InChI is InChI=1S/C21H18O3/c1-2-24-21(23)19-10-6-5-9-18(19)20(22)14-15-11-12-16-7-3-4-8-17(16)13-15/h3-13H,2,14H2,1H3. The quantitative estimate of drug-likeness (QED) is 0.516. The Bertz CT molecular complexity index is 896. The van der Waals surface area contributed by atoms with Gasteiger partial charge in [0.2, 0.25) is 0 Å². The van der Waals surface area contributed by atoms with Crippen LogP contribution in [0.25, 0.3) is 10.8 Å². The Morgan fingerprint density at radius 3 is 2.25 bits per heavy atom. The largest absolute Gasteiger partial charge is 0.462 e. The van der Waals surface area contributed by atoms with E-state index in [2.05, 4.69) is 0 Å². The fourth-order valence-electron chi connectivity index (χ4n) is 2.74. The third-order valence-corrected chi connectivity index (χ3v) is 3.90. The Morgan fingerprint density at radius 1 is 0.833 bits per heavy atom. The van der Waals surface area contributed by atoms with Crippen LogP contribution in [-0.4, -0.2) is 18.4 Å². The first-order chi connectivity index (χ1) is 11.7. The van der Waals surface area contributed by atoms with E-state index in [1.54, 1.807) is 31.2 Å². The van der Waals surface area contributed by atoms with Crippen molar-refractivity contribution < 1.29 is 14.3 Å². The van der Waals surface area contributed by atoms with Gasteiger partial charge in [-0.25, -0.2) is 4.79 Å². The molecule has 0 heterocycles. The molecule has 0 unspecified atom stereocenters. The number of rotatable bonds is 5. The summed E-state index contributed by atoms with van der Waals surface area (Å²) in [6.07, 6.45) is 0.251. The summed E-state index contributed by atoms with van der Waals surface area (Å²) in [5.74, 6) is -0.547. The summed E-state index contributed by atoms with van der Waals surface area (Å²) < 4.78 is 5.04. The lowest BCUT2D eigenvalue weighted by Crippen LogP contribution is -2.13. The van der Waals surface area contributed by atoms with Crippen LogP contribution in [0.3, 0.4) is 0 Å². The number of esters is 1.